The predicted octanol–water partition coefficient (Wildman–Crippen LogP) is 1.66. The molecule has 1 aromatic heterocycles. The van der Waals surface area contributed by atoms with E-state index in [4.69, 9.17) is 0 Å². The number of rotatable bonds is 3. The number of hydrogen-bond donors (Lipinski definition) is 1. The van der Waals surface area contributed by atoms with E-state index in [1.165, 1.54) is 12.1 Å². The van der Waals surface area contributed by atoms with E-state index in [9.17, 15) is 9.18 Å². The molecule has 0 saturated carbocycles. The van der Waals surface area contributed by atoms with Gasteiger partial charge in [-0.3, -0.25) is 4.79 Å². The zero-order valence-corrected chi connectivity index (χ0v) is 8.43. The minimum absolute atomic E-state index is 0.163. The lowest BCUT2D eigenvalue weighted by Crippen LogP contribution is -2.17. The molecule has 0 spiro atoms. The lowest BCUT2D eigenvalue weighted by Gasteiger charge is -2.05. The van der Waals surface area contributed by atoms with Gasteiger partial charge in [-0.25, -0.2) is 9.37 Å². The zero-order valence-electron chi connectivity index (χ0n) is 8.43. The Morgan fingerprint density at radius 1 is 1.50 bits per heavy atom. The number of aromatic nitrogens is 2. The van der Waals surface area contributed by atoms with Crippen molar-refractivity contribution in [1.29, 1.82) is 0 Å². The fraction of sp³-hybridized carbons (Fsp3) is 0.0909. The Bertz CT molecular complexity index is 482. The molecule has 0 unspecified atom stereocenters. The van der Waals surface area contributed by atoms with E-state index in [1.807, 2.05) is 0 Å². The highest BCUT2D eigenvalue weighted by Gasteiger charge is 2.03. The van der Waals surface area contributed by atoms with Crippen LogP contribution in [0.5, 0.6) is 0 Å². The number of halogens is 1. The summed E-state index contributed by atoms with van der Waals surface area (Å²) in [4.78, 5) is 15.3. The fourth-order valence-electron chi connectivity index (χ4n) is 1.31. The van der Waals surface area contributed by atoms with E-state index in [2.05, 4.69) is 10.3 Å². The van der Waals surface area contributed by atoms with Gasteiger partial charge in [0.1, 0.15) is 12.4 Å². The Kier molecular flexibility index (Phi) is 2.95. The van der Waals surface area contributed by atoms with Crippen molar-refractivity contribution in [2.24, 2.45) is 0 Å². The van der Waals surface area contributed by atoms with Crippen LogP contribution in [0.25, 0.3) is 0 Å². The molecular weight excluding hydrogens is 209 g/mol. The largest absolute Gasteiger partial charge is 0.328 e. The zero-order chi connectivity index (χ0) is 11.4. The first-order valence-electron chi connectivity index (χ1n) is 4.75. The Balaban J connectivity index is 1.97. The maximum Gasteiger partial charge on any atom is 0.244 e. The standard InChI is InChI=1S/C11H10FN3O/c12-9-2-1-3-10(6-9)14-11(16)7-15-5-4-13-8-15/h1-6,8H,7H2,(H,14,16). The molecule has 0 fully saturated rings. The quantitative estimate of drug-likeness (QED) is 0.853. The monoisotopic (exact) mass is 219 g/mol. The summed E-state index contributed by atoms with van der Waals surface area (Å²) in [7, 11) is 0. The van der Waals surface area contributed by atoms with Gasteiger partial charge in [0.15, 0.2) is 0 Å². The lowest BCUT2D eigenvalue weighted by molar-refractivity contribution is -0.116. The van der Waals surface area contributed by atoms with Gasteiger partial charge in [-0.15, -0.1) is 0 Å². The molecule has 4 nitrogen and oxygen atoms in total. The van der Waals surface area contributed by atoms with E-state index < -0.39 is 0 Å². The topological polar surface area (TPSA) is 46.9 Å². The second kappa shape index (κ2) is 4.57. The highest BCUT2D eigenvalue weighted by Crippen LogP contribution is 2.08. The van der Waals surface area contributed by atoms with Gasteiger partial charge in [0.25, 0.3) is 0 Å². The molecule has 0 bridgehead atoms. The molecule has 16 heavy (non-hydrogen) atoms. The molecule has 1 amide bonds. The van der Waals surface area contributed by atoms with Crippen LogP contribution in [0.4, 0.5) is 10.1 Å². The molecule has 1 N–H and O–H groups in total. The van der Waals surface area contributed by atoms with Crippen molar-refractivity contribution in [3.8, 4) is 0 Å². The molecule has 1 aromatic carbocycles. The van der Waals surface area contributed by atoms with E-state index in [0.717, 1.165) is 0 Å². The average Bonchev–Trinajstić information content (AvgIpc) is 2.70. The van der Waals surface area contributed by atoms with Crippen LogP contribution in [-0.4, -0.2) is 15.5 Å². The minimum Gasteiger partial charge on any atom is -0.328 e. The van der Waals surface area contributed by atoms with Gasteiger partial charge >= 0.3 is 0 Å². The van der Waals surface area contributed by atoms with Crippen LogP contribution in [-0.2, 0) is 11.3 Å². The Hall–Kier alpha value is -2.17. The van der Waals surface area contributed by atoms with Crippen LogP contribution >= 0.6 is 0 Å². The maximum absolute atomic E-state index is 12.8. The first kappa shape index (κ1) is 10.4. The normalized spacial score (nSPS) is 10.1. The number of anilines is 1. The van der Waals surface area contributed by atoms with Gasteiger partial charge in [-0.1, -0.05) is 6.07 Å². The number of nitrogens with zero attached hydrogens (tertiary/aromatic N) is 2. The van der Waals surface area contributed by atoms with Crippen molar-refractivity contribution in [2.45, 2.75) is 6.54 Å². The van der Waals surface area contributed by atoms with E-state index in [0.29, 0.717) is 5.69 Å². The predicted molar refractivity (Wildman–Crippen MR) is 57.3 cm³/mol. The fourth-order valence-corrected chi connectivity index (χ4v) is 1.31. The molecule has 0 aliphatic heterocycles. The number of hydrogen-bond acceptors (Lipinski definition) is 2. The Morgan fingerprint density at radius 2 is 2.38 bits per heavy atom. The number of carbonyl (C=O) groups excluding carboxylic acids is 1. The third-order valence-corrected chi connectivity index (χ3v) is 1.99. The van der Waals surface area contributed by atoms with Crippen LogP contribution in [0, 0.1) is 5.82 Å². The summed E-state index contributed by atoms with van der Waals surface area (Å²) >= 11 is 0. The molecule has 2 aromatic rings. The minimum atomic E-state index is -0.375. The molecule has 82 valence electrons. The SMILES string of the molecule is O=C(Cn1ccnc1)Nc1cccc(F)c1. The summed E-state index contributed by atoms with van der Waals surface area (Å²) in [6.07, 6.45) is 4.83. The van der Waals surface area contributed by atoms with Crippen LogP contribution in [0.2, 0.25) is 0 Å². The summed E-state index contributed by atoms with van der Waals surface area (Å²) in [6, 6.07) is 5.77. The average molecular weight is 219 g/mol. The highest BCUT2D eigenvalue weighted by molar-refractivity contribution is 5.90. The van der Waals surface area contributed by atoms with Crippen LogP contribution < -0.4 is 5.32 Å². The second-order valence-corrected chi connectivity index (χ2v) is 3.29. The lowest BCUT2D eigenvalue weighted by atomic mass is 10.3. The van der Waals surface area contributed by atoms with Crippen molar-refractivity contribution in [3.63, 3.8) is 0 Å². The second-order valence-electron chi connectivity index (χ2n) is 3.29. The van der Waals surface area contributed by atoms with E-state index >= 15 is 0 Å². The smallest absolute Gasteiger partial charge is 0.244 e. The summed E-state index contributed by atoms with van der Waals surface area (Å²) in [6.45, 7) is 0.163. The first-order valence-corrected chi connectivity index (χ1v) is 4.75. The van der Waals surface area contributed by atoms with Gasteiger partial charge in [-0.2, -0.15) is 0 Å². The van der Waals surface area contributed by atoms with Crippen molar-refractivity contribution < 1.29 is 9.18 Å². The van der Waals surface area contributed by atoms with Crippen LogP contribution in [0.15, 0.2) is 43.0 Å². The molecule has 1 heterocycles. The number of benzene rings is 1. The summed E-state index contributed by atoms with van der Waals surface area (Å²) in [5, 5.41) is 2.59. The third kappa shape index (κ3) is 2.66. The van der Waals surface area contributed by atoms with Crippen molar-refractivity contribution in [3.05, 3.63) is 48.8 Å². The molecule has 0 saturated heterocycles. The summed E-state index contributed by atoms with van der Waals surface area (Å²) in [5.74, 6) is -0.593. The third-order valence-electron chi connectivity index (χ3n) is 1.99. The van der Waals surface area contributed by atoms with Crippen LogP contribution in [0.3, 0.4) is 0 Å². The number of amides is 1. The highest BCUT2D eigenvalue weighted by atomic mass is 19.1. The summed E-state index contributed by atoms with van der Waals surface area (Å²) in [5.41, 5.74) is 0.449. The molecular formula is C11H10FN3O. The van der Waals surface area contributed by atoms with Crippen molar-refractivity contribution in [2.75, 3.05) is 5.32 Å². The van der Waals surface area contributed by atoms with Gasteiger partial charge in [0, 0.05) is 18.1 Å². The molecule has 0 radical (unpaired) electrons. The van der Waals surface area contributed by atoms with Crippen LogP contribution in [0.1, 0.15) is 0 Å². The number of imidazole rings is 1. The van der Waals surface area contributed by atoms with Gasteiger partial charge in [0.2, 0.25) is 5.91 Å². The summed E-state index contributed by atoms with van der Waals surface area (Å²) < 4.78 is 14.5. The van der Waals surface area contributed by atoms with E-state index in [1.54, 1.807) is 35.4 Å². The Labute approximate surface area is 91.7 Å². The molecule has 0 aliphatic rings. The van der Waals surface area contributed by atoms with Gasteiger partial charge in [0.05, 0.1) is 6.33 Å². The molecule has 5 heteroatoms. The molecule has 0 aliphatic carbocycles. The first-order chi connectivity index (χ1) is 7.74. The maximum atomic E-state index is 12.8. The number of carbonyl (C=O) groups is 1. The van der Waals surface area contributed by atoms with Gasteiger partial charge < -0.3 is 9.88 Å². The van der Waals surface area contributed by atoms with Crippen molar-refractivity contribution in [1.82, 2.24) is 9.55 Å². The molecule has 2 rings (SSSR count). The van der Waals surface area contributed by atoms with E-state index in [-0.39, 0.29) is 18.3 Å². The molecule has 0 atom stereocenters. The number of nitrogens with one attached hydrogen (secondary N) is 1. The Morgan fingerprint density at radius 3 is 3.06 bits per heavy atom. The van der Waals surface area contributed by atoms with Crippen molar-refractivity contribution >= 4 is 11.6 Å². The van der Waals surface area contributed by atoms with Gasteiger partial charge in [-0.05, 0) is 18.2 Å².